The molecule has 2 amide bonds. The van der Waals surface area contributed by atoms with E-state index in [1.807, 2.05) is 13.8 Å². The van der Waals surface area contributed by atoms with E-state index in [-0.39, 0.29) is 11.9 Å². The summed E-state index contributed by atoms with van der Waals surface area (Å²) in [6.45, 7) is 4.29. The third kappa shape index (κ3) is 5.33. The molecular weight excluding hydrogens is 254 g/mol. The summed E-state index contributed by atoms with van der Waals surface area (Å²) in [6, 6.07) is 2.88. The summed E-state index contributed by atoms with van der Waals surface area (Å²) < 4.78 is 0. The first-order valence-electron chi connectivity index (χ1n) is 5.83. The molecule has 1 unspecified atom stereocenters. The van der Waals surface area contributed by atoms with Crippen LogP contribution in [0.3, 0.4) is 0 Å². The summed E-state index contributed by atoms with van der Waals surface area (Å²) >= 11 is 5.69. The van der Waals surface area contributed by atoms with E-state index in [1.54, 1.807) is 12.1 Å². The van der Waals surface area contributed by atoms with Crippen molar-refractivity contribution in [3.05, 3.63) is 23.5 Å². The number of pyridine rings is 1. The first-order valence-corrected chi connectivity index (χ1v) is 6.21. The minimum absolute atomic E-state index is 0.189. The Labute approximate surface area is 112 Å². The van der Waals surface area contributed by atoms with Crippen molar-refractivity contribution in [2.45, 2.75) is 26.4 Å². The lowest BCUT2D eigenvalue weighted by atomic mass is 10.0. The lowest BCUT2D eigenvalue weighted by molar-refractivity contribution is 0.117. The molecule has 1 aromatic rings. The van der Waals surface area contributed by atoms with Crippen LogP contribution in [0.2, 0.25) is 5.15 Å². The van der Waals surface area contributed by atoms with Crippen LogP contribution < -0.4 is 10.6 Å². The first kappa shape index (κ1) is 14.7. The summed E-state index contributed by atoms with van der Waals surface area (Å²) in [4.78, 5) is 15.3. The van der Waals surface area contributed by atoms with Crippen molar-refractivity contribution in [1.29, 1.82) is 0 Å². The van der Waals surface area contributed by atoms with E-state index in [2.05, 4.69) is 15.6 Å². The molecule has 0 fully saturated rings. The van der Waals surface area contributed by atoms with Gasteiger partial charge in [0.15, 0.2) is 0 Å². The van der Waals surface area contributed by atoms with Gasteiger partial charge in [-0.2, -0.15) is 0 Å². The number of carbonyl (C=O) groups excluding carboxylic acids is 1. The Balaban J connectivity index is 2.30. The molecule has 1 aromatic heterocycles. The Morgan fingerprint density at radius 3 is 2.89 bits per heavy atom. The maximum Gasteiger partial charge on any atom is 0.319 e. The van der Waals surface area contributed by atoms with Gasteiger partial charge in [-0.1, -0.05) is 25.4 Å². The third-order valence-electron chi connectivity index (χ3n) is 2.48. The molecule has 0 aromatic carbocycles. The van der Waals surface area contributed by atoms with E-state index < -0.39 is 6.10 Å². The first-order chi connectivity index (χ1) is 8.49. The largest absolute Gasteiger partial charge is 0.393 e. The molecule has 100 valence electrons. The SMILES string of the molecule is CC(C)C(O)CCNC(=O)Nc1ccnc(Cl)c1. The van der Waals surface area contributed by atoms with Gasteiger partial charge < -0.3 is 15.7 Å². The molecular formula is C12H18ClN3O2. The second-order valence-electron chi connectivity index (χ2n) is 4.35. The van der Waals surface area contributed by atoms with Gasteiger partial charge in [0.05, 0.1) is 6.10 Å². The van der Waals surface area contributed by atoms with Crippen molar-refractivity contribution in [2.24, 2.45) is 5.92 Å². The van der Waals surface area contributed by atoms with Gasteiger partial charge in [-0.15, -0.1) is 0 Å². The normalized spacial score (nSPS) is 12.3. The highest BCUT2D eigenvalue weighted by molar-refractivity contribution is 6.29. The molecule has 1 rings (SSSR count). The summed E-state index contributed by atoms with van der Waals surface area (Å²) in [5, 5.41) is 15.2. The highest BCUT2D eigenvalue weighted by Crippen LogP contribution is 2.11. The van der Waals surface area contributed by atoms with Crippen LogP contribution >= 0.6 is 11.6 Å². The van der Waals surface area contributed by atoms with Gasteiger partial charge in [0, 0.05) is 18.4 Å². The van der Waals surface area contributed by atoms with Gasteiger partial charge in [-0.25, -0.2) is 9.78 Å². The summed E-state index contributed by atoms with van der Waals surface area (Å²) in [5.74, 6) is 0.189. The standard InChI is InChI=1S/C12H18ClN3O2/c1-8(2)10(17)4-6-15-12(18)16-9-3-5-14-11(13)7-9/h3,5,7-8,10,17H,4,6H2,1-2H3,(H2,14,15,16,18). The Bertz CT molecular complexity index is 399. The zero-order valence-corrected chi connectivity index (χ0v) is 11.2. The van der Waals surface area contributed by atoms with E-state index in [4.69, 9.17) is 11.6 Å². The number of hydrogen-bond donors (Lipinski definition) is 3. The van der Waals surface area contributed by atoms with Crippen molar-refractivity contribution < 1.29 is 9.90 Å². The van der Waals surface area contributed by atoms with Crippen molar-refractivity contribution in [3.8, 4) is 0 Å². The molecule has 0 saturated carbocycles. The van der Waals surface area contributed by atoms with Gasteiger partial charge in [0.1, 0.15) is 5.15 Å². The topological polar surface area (TPSA) is 74.2 Å². The molecule has 5 nitrogen and oxygen atoms in total. The monoisotopic (exact) mass is 271 g/mol. The van der Waals surface area contributed by atoms with Crippen LogP contribution in [-0.2, 0) is 0 Å². The quantitative estimate of drug-likeness (QED) is 0.719. The summed E-state index contributed by atoms with van der Waals surface area (Å²) in [6.07, 6.45) is 1.64. The molecule has 6 heteroatoms. The number of nitrogens with one attached hydrogen (secondary N) is 2. The van der Waals surface area contributed by atoms with Crippen LogP contribution in [0.4, 0.5) is 10.5 Å². The van der Waals surface area contributed by atoms with E-state index in [1.165, 1.54) is 6.20 Å². The second kappa shape index (κ2) is 7.18. The molecule has 0 bridgehead atoms. The predicted octanol–water partition coefficient (Wildman–Crippen LogP) is 2.26. The van der Waals surface area contributed by atoms with Crippen LogP contribution in [0.5, 0.6) is 0 Å². The molecule has 0 aliphatic heterocycles. The number of hydrogen-bond acceptors (Lipinski definition) is 3. The van der Waals surface area contributed by atoms with Gasteiger partial charge >= 0.3 is 6.03 Å². The maximum absolute atomic E-state index is 11.5. The number of aromatic nitrogens is 1. The average molecular weight is 272 g/mol. The summed E-state index contributed by atoms with van der Waals surface area (Å²) in [5.41, 5.74) is 0.580. The smallest absolute Gasteiger partial charge is 0.319 e. The molecule has 0 radical (unpaired) electrons. The van der Waals surface area contributed by atoms with Crippen LogP contribution in [0, 0.1) is 5.92 Å². The lowest BCUT2D eigenvalue weighted by Gasteiger charge is -2.14. The lowest BCUT2D eigenvalue weighted by Crippen LogP contribution is -2.32. The highest BCUT2D eigenvalue weighted by Gasteiger charge is 2.09. The number of urea groups is 1. The number of halogens is 1. The van der Waals surface area contributed by atoms with Gasteiger partial charge in [-0.3, -0.25) is 0 Å². The zero-order valence-electron chi connectivity index (χ0n) is 10.5. The van der Waals surface area contributed by atoms with Gasteiger partial charge in [0.2, 0.25) is 0 Å². The minimum Gasteiger partial charge on any atom is -0.393 e. The Hall–Kier alpha value is -1.33. The van der Waals surface area contributed by atoms with Crippen LogP contribution in [0.25, 0.3) is 0 Å². The molecule has 0 aliphatic carbocycles. The Kier molecular flexibility index (Phi) is 5.88. The number of aliphatic hydroxyl groups is 1. The van der Waals surface area contributed by atoms with Crippen molar-refractivity contribution in [1.82, 2.24) is 10.3 Å². The second-order valence-corrected chi connectivity index (χ2v) is 4.74. The van der Waals surface area contributed by atoms with E-state index in [9.17, 15) is 9.90 Å². The van der Waals surface area contributed by atoms with Crippen LogP contribution in [0.1, 0.15) is 20.3 Å². The van der Waals surface area contributed by atoms with Crippen molar-refractivity contribution in [3.63, 3.8) is 0 Å². The van der Waals surface area contributed by atoms with Gasteiger partial charge in [0.25, 0.3) is 0 Å². The fraction of sp³-hybridized carbons (Fsp3) is 0.500. The number of carbonyl (C=O) groups is 1. The van der Waals surface area contributed by atoms with E-state index in [0.29, 0.717) is 23.8 Å². The van der Waals surface area contributed by atoms with E-state index >= 15 is 0 Å². The maximum atomic E-state index is 11.5. The van der Waals surface area contributed by atoms with Crippen molar-refractivity contribution in [2.75, 3.05) is 11.9 Å². The van der Waals surface area contributed by atoms with Crippen LogP contribution in [0.15, 0.2) is 18.3 Å². The van der Waals surface area contributed by atoms with Crippen molar-refractivity contribution >= 4 is 23.3 Å². The fourth-order valence-corrected chi connectivity index (χ4v) is 1.50. The summed E-state index contributed by atoms with van der Waals surface area (Å²) in [7, 11) is 0. The zero-order chi connectivity index (χ0) is 13.5. The molecule has 1 atom stereocenters. The molecule has 1 heterocycles. The third-order valence-corrected chi connectivity index (χ3v) is 2.69. The van der Waals surface area contributed by atoms with Crippen LogP contribution in [-0.4, -0.2) is 28.8 Å². The number of anilines is 1. The minimum atomic E-state index is -0.402. The highest BCUT2D eigenvalue weighted by atomic mass is 35.5. The fourth-order valence-electron chi connectivity index (χ4n) is 1.32. The number of nitrogens with zero attached hydrogens (tertiary/aromatic N) is 1. The molecule has 0 aliphatic rings. The predicted molar refractivity (Wildman–Crippen MR) is 71.7 cm³/mol. The number of amides is 2. The molecule has 0 saturated heterocycles. The Morgan fingerprint density at radius 1 is 1.56 bits per heavy atom. The molecule has 18 heavy (non-hydrogen) atoms. The number of aliphatic hydroxyl groups excluding tert-OH is 1. The average Bonchev–Trinajstić information content (AvgIpc) is 2.28. The van der Waals surface area contributed by atoms with E-state index in [0.717, 1.165) is 0 Å². The molecule has 0 spiro atoms. The molecule has 3 N–H and O–H groups in total. The van der Waals surface area contributed by atoms with Gasteiger partial charge in [-0.05, 0) is 24.5 Å². The number of rotatable bonds is 5. The Morgan fingerprint density at radius 2 is 2.28 bits per heavy atom.